The van der Waals surface area contributed by atoms with Crippen LogP contribution in [0, 0.1) is 0 Å². The van der Waals surface area contributed by atoms with Gasteiger partial charge >= 0.3 is 0 Å². The molecule has 0 unspecified atom stereocenters. The Balaban J connectivity index is 1.86. The van der Waals surface area contributed by atoms with Crippen LogP contribution in [0.2, 0.25) is 0 Å². The molecule has 1 heterocycles. The van der Waals surface area contributed by atoms with E-state index in [1.165, 1.54) is 44.9 Å². The lowest BCUT2D eigenvalue weighted by Crippen LogP contribution is -2.02. The summed E-state index contributed by atoms with van der Waals surface area (Å²) in [5.74, 6) is 1.01. The molecular formula is C14H26N2O. The average Bonchev–Trinajstić information content (AvgIpc) is 2.73. The molecular weight excluding hydrogens is 212 g/mol. The molecule has 0 saturated heterocycles. The van der Waals surface area contributed by atoms with Gasteiger partial charge in [-0.3, -0.25) is 0 Å². The highest BCUT2D eigenvalue weighted by molar-refractivity contribution is 4.88. The van der Waals surface area contributed by atoms with Crippen LogP contribution in [0.15, 0.2) is 12.4 Å². The third-order valence-corrected chi connectivity index (χ3v) is 3.04. The van der Waals surface area contributed by atoms with Crippen LogP contribution in [0.25, 0.3) is 0 Å². The Hall–Kier alpha value is -0.830. The van der Waals surface area contributed by atoms with Crippen molar-refractivity contribution in [1.82, 2.24) is 9.55 Å². The number of rotatable bonds is 10. The van der Waals surface area contributed by atoms with Crippen molar-refractivity contribution in [1.29, 1.82) is 0 Å². The van der Waals surface area contributed by atoms with Crippen LogP contribution in [0.1, 0.15) is 57.7 Å². The smallest absolute Gasteiger partial charge is 0.134 e. The minimum absolute atomic E-state index is 0.638. The van der Waals surface area contributed by atoms with Crippen molar-refractivity contribution >= 4 is 0 Å². The number of hydrogen-bond acceptors (Lipinski definition) is 2. The van der Waals surface area contributed by atoms with Gasteiger partial charge in [0.1, 0.15) is 12.4 Å². The molecule has 98 valence electrons. The van der Waals surface area contributed by atoms with Crippen molar-refractivity contribution < 1.29 is 4.74 Å². The minimum atomic E-state index is 0.638. The zero-order valence-electron chi connectivity index (χ0n) is 11.3. The van der Waals surface area contributed by atoms with E-state index in [-0.39, 0.29) is 0 Å². The summed E-state index contributed by atoms with van der Waals surface area (Å²) in [4.78, 5) is 4.22. The third kappa shape index (κ3) is 6.47. The van der Waals surface area contributed by atoms with E-state index in [1.54, 1.807) is 0 Å². The number of ether oxygens (including phenoxy) is 1. The molecule has 1 aromatic rings. The van der Waals surface area contributed by atoms with Crippen molar-refractivity contribution in [2.75, 3.05) is 6.61 Å². The monoisotopic (exact) mass is 238 g/mol. The van der Waals surface area contributed by atoms with E-state index < -0.39 is 0 Å². The second kappa shape index (κ2) is 9.23. The summed E-state index contributed by atoms with van der Waals surface area (Å²) in [5.41, 5.74) is 0. The van der Waals surface area contributed by atoms with E-state index in [2.05, 4.69) is 11.9 Å². The van der Waals surface area contributed by atoms with Gasteiger partial charge in [-0.2, -0.15) is 0 Å². The number of unbranched alkanes of at least 4 members (excludes halogenated alkanes) is 6. The molecule has 0 aliphatic carbocycles. The first-order chi connectivity index (χ1) is 8.34. The highest BCUT2D eigenvalue weighted by Gasteiger charge is 1.98. The van der Waals surface area contributed by atoms with Crippen LogP contribution in [0.3, 0.4) is 0 Å². The van der Waals surface area contributed by atoms with Crippen LogP contribution < -0.4 is 0 Å². The Morgan fingerprint density at radius 1 is 1.12 bits per heavy atom. The fourth-order valence-electron chi connectivity index (χ4n) is 1.86. The average molecular weight is 238 g/mol. The predicted molar refractivity (Wildman–Crippen MR) is 70.9 cm³/mol. The van der Waals surface area contributed by atoms with Crippen molar-refractivity contribution in [2.24, 2.45) is 7.05 Å². The lowest BCUT2D eigenvalue weighted by atomic mass is 10.1. The second-order valence-corrected chi connectivity index (χ2v) is 4.63. The molecule has 1 aromatic heterocycles. The van der Waals surface area contributed by atoms with Gasteiger partial charge in [0.2, 0.25) is 0 Å². The fraction of sp³-hybridized carbons (Fsp3) is 0.786. The second-order valence-electron chi connectivity index (χ2n) is 4.63. The Kier molecular flexibility index (Phi) is 7.72. The molecule has 0 fully saturated rings. The molecule has 0 N–H and O–H groups in total. The van der Waals surface area contributed by atoms with Crippen molar-refractivity contribution in [3.63, 3.8) is 0 Å². The first kappa shape index (κ1) is 14.2. The van der Waals surface area contributed by atoms with Gasteiger partial charge in [0.25, 0.3) is 0 Å². The summed E-state index contributed by atoms with van der Waals surface area (Å²) >= 11 is 0. The van der Waals surface area contributed by atoms with Gasteiger partial charge in [0, 0.05) is 26.0 Å². The topological polar surface area (TPSA) is 27.1 Å². The van der Waals surface area contributed by atoms with E-state index in [0.717, 1.165) is 12.4 Å². The molecule has 0 saturated carbocycles. The van der Waals surface area contributed by atoms with Crippen LogP contribution in [0.4, 0.5) is 0 Å². The van der Waals surface area contributed by atoms with Gasteiger partial charge in [0.05, 0.1) is 0 Å². The maximum absolute atomic E-state index is 5.60. The van der Waals surface area contributed by atoms with Gasteiger partial charge in [-0.05, 0) is 6.42 Å². The van der Waals surface area contributed by atoms with E-state index in [9.17, 15) is 0 Å². The van der Waals surface area contributed by atoms with Crippen molar-refractivity contribution in [2.45, 2.75) is 58.5 Å². The van der Waals surface area contributed by atoms with Gasteiger partial charge in [0.15, 0.2) is 0 Å². The number of aryl methyl sites for hydroxylation is 1. The highest BCUT2D eigenvalue weighted by atomic mass is 16.5. The van der Waals surface area contributed by atoms with E-state index in [1.807, 2.05) is 24.0 Å². The maximum atomic E-state index is 5.60. The summed E-state index contributed by atoms with van der Waals surface area (Å²) in [7, 11) is 2.00. The number of imidazole rings is 1. The van der Waals surface area contributed by atoms with Gasteiger partial charge < -0.3 is 9.30 Å². The number of aromatic nitrogens is 2. The fourth-order valence-corrected chi connectivity index (χ4v) is 1.86. The molecule has 0 aromatic carbocycles. The Morgan fingerprint density at radius 2 is 1.82 bits per heavy atom. The lowest BCUT2D eigenvalue weighted by Gasteiger charge is -2.04. The lowest BCUT2D eigenvalue weighted by molar-refractivity contribution is 0.109. The summed E-state index contributed by atoms with van der Waals surface area (Å²) in [5, 5.41) is 0. The third-order valence-electron chi connectivity index (χ3n) is 3.04. The Bertz CT molecular complexity index is 284. The number of nitrogens with zero attached hydrogens (tertiary/aromatic N) is 2. The van der Waals surface area contributed by atoms with Gasteiger partial charge in [-0.15, -0.1) is 0 Å². The molecule has 0 amide bonds. The van der Waals surface area contributed by atoms with E-state index in [0.29, 0.717) is 6.61 Å². The van der Waals surface area contributed by atoms with Crippen LogP contribution in [0.5, 0.6) is 0 Å². The standard InChI is InChI=1S/C14H26N2O/c1-3-4-5-6-7-8-9-12-17-13-14-15-10-11-16(14)2/h10-11H,3-9,12-13H2,1-2H3. The summed E-state index contributed by atoms with van der Waals surface area (Å²) < 4.78 is 7.61. The van der Waals surface area contributed by atoms with E-state index in [4.69, 9.17) is 4.74 Å². The molecule has 1 rings (SSSR count). The van der Waals surface area contributed by atoms with Crippen LogP contribution in [-0.4, -0.2) is 16.2 Å². The summed E-state index contributed by atoms with van der Waals surface area (Å²) in [6.45, 7) is 3.76. The van der Waals surface area contributed by atoms with Gasteiger partial charge in [-0.25, -0.2) is 4.98 Å². The molecule has 0 radical (unpaired) electrons. The van der Waals surface area contributed by atoms with E-state index >= 15 is 0 Å². The first-order valence-electron chi connectivity index (χ1n) is 6.88. The van der Waals surface area contributed by atoms with Crippen molar-refractivity contribution in [3.8, 4) is 0 Å². The van der Waals surface area contributed by atoms with Crippen molar-refractivity contribution in [3.05, 3.63) is 18.2 Å². The SMILES string of the molecule is CCCCCCCCCOCc1nccn1C. The molecule has 3 nitrogen and oxygen atoms in total. The predicted octanol–water partition coefficient (Wildman–Crippen LogP) is 3.69. The minimum Gasteiger partial charge on any atom is -0.374 e. The summed E-state index contributed by atoms with van der Waals surface area (Å²) in [6, 6.07) is 0. The molecule has 0 aliphatic heterocycles. The largest absolute Gasteiger partial charge is 0.374 e. The zero-order valence-corrected chi connectivity index (χ0v) is 11.3. The quantitative estimate of drug-likeness (QED) is 0.581. The molecule has 0 bridgehead atoms. The number of hydrogen-bond donors (Lipinski definition) is 0. The maximum Gasteiger partial charge on any atom is 0.134 e. The molecule has 3 heteroatoms. The first-order valence-corrected chi connectivity index (χ1v) is 6.88. The molecule has 0 spiro atoms. The van der Waals surface area contributed by atoms with Gasteiger partial charge in [-0.1, -0.05) is 45.4 Å². The zero-order chi connectivity index (χ0) is 12.3. The summed E-state index contributed by atoms with van der Waals surface area (Å²) in [6.07, 6.45) is 13.1. The molecule has 0 atom stereocenters. The van der Waals surface area contributed by atoms with Crippen LogP contribution in [-0.2, 0) is 18.4 Å². The van der Waals surface area contributed by atoms with Crippen LogP contribution >= 0.6 is 0 Å². The molecule has 17 heavy (non-hydrogen) atoms. The molecule has 0 aliphatic rings. The Labute approximate surface area is 105 Å². The highest BCUT2D eigenvalue weighted by Crippen LogP contribution is 2.07. The Morgan fingerprint density at radius 3 is 2.47 bits per heavy atom. The normalized spacial score (nSPS) is 10.9.